The molecule has 3 nitrogen and oxygen atoms in total. The van der Waals surface area contributed by atoms with Crippen LogP contribution in [0, 0.1) is 0 Å². The summed E-state index contributed by atoms with van der Waals surface area (Å²) in [7, 11) is 0. The van der Waals surface area contributed by atoms with Crippen LogP contribution in [0.15, 0.2) is 211 Å². The Morgan fingerprint density at radius 3 is 1.69 bits per heavy atom. The quantitative estimate of drug-likeness (QED) is 0.172. The molecular formula is C52H34N2O. The minimum Gasteiger partial charge on any atom is -0.455 e. The molecule has 0 N–H and O–H groups in total. The Balaban J connectivity index is 1.14. The summed E-state index contributed by atoms with van der Waals surface area (Å²) in [5.41, 5.74) is 13.2. The van der Waals surface area contributed by atoms with E-state index in [4.69, 9.17) is 4.42 Å². The van der Waals surface area contributed by atoms with Crippen molar-refractivity contribution in [3.63, 3.8) is 0 Å². The lowest BCUT2D eigenvalue weighted by Gasteiger charge is -2.27. The second-order valence-corrected chi connectivity index (χ2v) is 14.1. The summed E-state index contributed by atoms with van der Waals surface area (Å²) in [5, 5.41) is 6.84. The van der Waals surface area contributed by atoms with Gasteiger partial charge in [-0.25, -0.2) is 0 Å². The monoisotopic (exact) mass is 702 g/mol. The molecule has 0 atom stereocenters. The Labute approximate surface area is 318 Å². The fourth-order valence-electron chi connectivity index (χ4n) is 8.46. The van der Waals surface area contributed by atoms with Gasteiger partial charge >= 0.3 is 0 Å². The van der Waals surface area contributed by atoms with Gasteiger partial charge in [0.25, 0.3) is 0 Å². The molecular weight excluding hydrogens is 669 g/mol. The van der Waals surface area contributed by atoms with Gasteiger partial charge in [-0.3, -0.25) is 0 Å². The summed E-state index contributed by atoms with van der Waals surface area (Å²) in [6.45, 7) is 0. The number of nitrogens with zero attached hydrogens (tertiary/aromatic N) is 2. The molecule has 0 saturated carbocycles. The minimum atomic E-state index is 0.857. The number of aromatic nitrogens is 1. The van der Waals surface area contributed by atoms with Gasteiger partial charge in [-0.05, 0) is 88.3 Å². The largest absolute Gasteiger partial charge is 0.455 e. The van der Waals surface area contributed by atoms with Gasteiger partial charge in [0, 0.05) is 27.5 Å². The van der Waals surface area contributed by atoms with Crippen molar-refractivity contribution in [1.29, 1.82) is 0 Å². The van der Waals surface area contributed by atoms with Crippen LogP contribution in [-0.2, 0) is 0 Å². The molecule has 0 spiro atoms. The van der Waals surface area contributed by atoms with Crippen LogP contribution in [0.2, 0.25) is 0 Å². The van der Waals surface area contributed by atoms with E-state index in [-0.39, 0.29) is 0 Å². The van der Waals surface area contributed by atoms with Crippen molar-refractivity contribution in [3.8, 4) is 27.9 Å². The van der Waals surface area contributed by atoms with E-state index in [1.807, 2.05) is 0 Å². The first kappa shape index (κ1) is 31.2. The lowest BCUT2D eigenvalue weighted by Crippen LogP contribution is -2.10. The standard InChI is InChI=1S/C52H34N2O/c1-3-13-35(14-4-1)37-25-29-40(30-26-37)53(45-22-11-18-39-17-7-8-19-42(39)45)47-23-12-24-49-50(47)44-33-34-48-51(52(44)55-49)43-20-9-10-21-46(43)54(48)41-31-27-38(28-32-41)36-15-5-2-6-16-36/h1-34H. The SMILES string of the molecule is c1ccc(-c2ccc(N(c3cccc4ccccc34)c3cccc4oc5c(ccc6c5c5ccccc5n6-c5ccc(-c6ccccc6)cc5)c34)cc2)cc1. The third kappa shape index (κ3) is 5.05. The molecule has 258 valence electrons. The van der Waals surface area contributed by atoms with E-state index in [2.05, 4.69) is 216 Å². The highest BCUT2D eigenvalue weighted by molar-refractivity contribution is 6.26. The average molecular weight is 703 g/mol. The van der Waals surface area contributed by atoms with Gasteiger partial charge in [-0.1, -0.05) is 146 Å². The van der Waals surface area contributed by atoms with Gasteiger partial charge in [0.05, 0.1) is 33.2 Å². The molecule has 3 heteroatoms. The van der Waals surface area contributed by atoms with Crippen LogP contribution in [0.3, 0.4) is 0 Å². The minimum absolute atomic E-state index is 0.857. The first-order valence-electron chi connectivity index (χ1n) is 18.8. The highest BCUT2D eigenvalue weighted by Crippen LogP contribution is 2.47. The topological polar surface area (TPSA) is 21.3 Å². The Morgan fingerprint density at radius 1 is 0.364 bits per heavy atom. The maximum atomic E-state index is 6.99. The molecule has 0 radical (unpaired) electrons. The van der Waals surface area contributed by atoms with Gasteiger partial charge < -0.3 is 13.9 Å². The summed E-state index contributed by atoms with van der Waals surface area (Å²) in [6.07, 6.45) is 0. The summed E-state index contributed by atoms with van der Waals surface area (Å²) < 4.78 is 9.35. The van der Waals surface area contributed by atoms with Gasteiger partial charge in [-0.2, -0.15) is 0 Å². The number of furan rings is 1. The molecule has 2 heterocycles. The van der Waals surface area contributed by atoms with E-state index in [0.717, 1.165) is 61.1 Å². The van der Waals surface area contributed by atoms with E-state index in [1.54, 1.807) is 0 Å². The number of hydrogen-bond donors (Lipinski definition) is 0. The zero-order valence-corrected chi connectivity index (χ0v) is 29.9. The number of para-hydroxylation sites is 1. The van der Waals surface area contributed by atoms with Crippen molar-refractivity contribution in [2.24, 2.45) is 0 Å². The number of rotatable bonds is 6. The lowest BCUT2D eigenvalue weighted by molar-refractivity contribution is 0.673. The molecule has 0 bridgehead atoms. The first-order chi connectivity index (χ1) is 27.3. The van der Waals surface area contributed by atoms with E-state index in [0.29, 0.717) is 0 Å². The van der Waals surface area contributed by atoms with Gasteiger partial charge in [0.15, 0.2) is 0 Å². The molecule has 0 aliphatic carbocycles. The predicted octanol–water partition coefficient (Wildman–Crippen LogP) is 14.6. The lowest BCUT2D eigenvalue weighted by atomic mass is 10.0. The van der Waals surface area contributed by atoms with Crippen LogP contribution < -0.4 is 4.90 Å². The maximum absolute atomic E-state index is 6.99. The van der Waals surface area contributed by atoms with Gasteiger partial charge in [0.1, 0.15) is 11.2 Å². The highest BCUT2D eigenvalue weighted by atomic mass is 16.3. The molecule has 0 amide bonds. The summed E-state index contributed by atoms with van der Waals surface area (Å²) in [4.78, 5) is 2.40. The van der Waals surface area contributed by atoms with Crippen molar-refractivity contribution in [1.82, 2.24) is 4.57 Å². The second-order valence-electron chi connectivity index (χ2n) is 14.1. The average Bonchev–Trinajstić information content (AvgIpc) is 3.81. The third-order valence-corrected chi connectivity index (χ3v) is 11.0. The number of anilines is 3. The van der Waals surface area contributed by atoms with E-state index in [1.165, 1.54) is 38.4 Å². The van der Waals surface area contributed by atoms with Gasteiger partial charge in [-0.15, -0.1) is 0 Å². The Hall–Kier alpha value is -7.36. The molecule has 0 aliphatic rings. The predicted molar refractivity (Wildman–Crippen MR) is 231 cm³/mol. The van der Waals surface area contributed by atoms with Crippen molar-refractivity contribution >= 4 is 71.6 Å². The second kappa shape index (κ2) is 12.6. The van der Waals surface area contributed by atoms with Crippen molar-refractivity contribution < 1.29 is 4.42 Å². The Morgan fingerprint density at radius 2 is 0.945 bits per heavy atom. The van der Waals surface area contributed by atoms with Crippen LogP contribution in [0.5, 0.6) is 0 Å². The fourth-order valence-corrected chi connectivity index (χ4v) is 8.46. The molecule has 0 aliphatic heterocycles. The molecule has 0 saturated heterocycles. The van der Waals surface area contributed by atoms with Crippen LogP contribution in [0.4, 0.5) is 17.1 Å². The van der Waals surface area contributed by atoms with Crippen LogP contribution >= 0.6 is 0 Å². The van der Waals surface area contributed by atoms with Crippen LogP contribution in [0.25, 0.3) is 82.5 Å². The van der Waals surface area contributed by atoms with E-state index >= 15 is 0 Å². The summed E-state index contributed by atoms with van der Waals surface area (Å²) >= 11 is 0. The van der Waals surface area contributed by atoms with Crippen molar-refractivity contribution in [2.75, 3.05) is 4.90 Å². The molecule has 55 heavy (non-hydrogen) atoms. The Kier molecular flexibility index (Phi) is 7.17. The normalized spacial score (nSPS) is 11.6. The number of benzene rings is 9. The number of fused-ring (bicyclic) bond motifs is 8. The Bertz CT molecular complexity index is 3170. The molecule has 0 fully saturated rings. The van der Waals surface area contributed by atoms with Gasteiger partial charge in [0.2, 0.25) is 0 Å². The van der Waals surface area contributed by atoms with E-state index < -0.39 is 0 Å². The molecule has 2 aromatic heterocycles. The van der Waals surface area contributed by atoms with E-state index in [9.17, 15) is 0 Å². The molecule has 9 aromatic carbocycles. The number of hydrogen-bond acceptors (Lipinski definition) is 2. The molecule has 11 rings (SSSR count). The third-order valence-electron chi connectivity index (χ3n) is 11.0. The zero-order chi connectivity index (χ0) is 36.3. The van der Waals surface area contributed by atoms with Crippen LogP contribution in [-0.4, -0.2) is 4.57 Å². The summed E-state index contributed by atoms with van der Waals surface area (Å²) in [5.74, 6) is 0. The summed E-state index contributed by atoms with van der Waals surface area (Å²) in [6, 6.07) is 73.7. The zero-order valence-electron chi connectivity index (χ0n) is 29.9. The molecule has 0 unspecified atom stereocenters. The molecule has 11 aromatic rings. The fraction of sp³-hybridized carbons (Fsp3) is 0. The van der Waals surface area contributed by atoms with Crippen molar-refractivity contribution in [2.45, 2.75) is 0 Å². The smallest absolute Gasteiger partial charge is 0.145 e. The first-order valence-corrected chi connectivity index (χ1v) is 18.8. The van der Waals surface area contributed by atoms with Crippen molar-refractivity contribution in [3.05, 3.63) is 206 Å². The highest BCUT2D eigenvalue weighted by Gasteiger charge is 2.24. The van der Waals surface area contributed by atoms with Crippen LogP contribution in [0.1, 0.15) is 0 Å². The maximum Gasteiger partial charge on any atom is 0.145 e.